The zero-order valence-corrected chi connectivity index (χ0v) is 9.40. The lowest BCUT2D eigenvalue weighted by Crippen LogP contribution is -2.01. The molecular formula is C12H16O4. The van der Waals surface area contributed by atoms with E-state index in [0.717, 1.165) is 30.6 Å². The predicted octanol–water partition coefficient (Wildman–Crippen LogP) is 1.91. The standard InChI is InChI=1S/C12H16O4/c1-10(14)15-9-3-5-12-7-6-11(16-12)4-2-8-13/h6-8H,2-5,9H2,1H3. The molecule has 1 heterocycles. The van der Waals surface area contributed by atoms with Crippen LogP contribution in [0.1, 0.15) is 31.3 Å². The molecule has 1 aromatic rings. The van der Waals surface area contributed by atoms with Crippen LogP contribution in [0.4, 0.5) is 0 Å². The van der Waals surface area contributed by atoms with Gasteiger partial charge in [-0.15, -0.1) is 0 Å². The number of furan rings is 1. The first-order valence-corrected chi connectivity index (χ1v) is 5.37. The highest BCUT2D eigenvalue weighted by molar-refractivity contribution is 5.65. The summed E-state index contributed by atoms with van der Waals surface area (Å²) in [5.41, 5.74) is 0. The van der Waals surface area contributed by atoms with Crippen molar-refractivity contribution in [3.8, 4) is 0 Å². The molecule has 0 saturated heterocycles. The van der Waals surface area contributed by atoms with E-state index in [1.165, 1.54) is 6.92 Å². The number of carbonyl (C=O) groups is 2. The summed E-state index contributed by atoms with van der Waals surface area (Å²) in [5, 5.41) is 0. The van der Waals surface area contributed by atoms with Crippen molar-refractivity contribution >= 4 is 12.3 Å². The fourth-order valence-electron chi connectivity index (χ4n) is 1.35. The number of carbonyl (C=O) groups excluding carboxylic acids is 2. The van der Waals surface area contributed by atoms with Gasteiger partial charge in [0, 0.05) is 26.2 Å². The Hall–Kier alpha value is -1.58. The topological polar surface area (TPSA) is 56.5 Å². The summed E-state index contributed by atoms with van der Waals surface area (Å²) in [4.78, 5) is 20.7. The lowest BCUT2D eigenvalue weighted by Gasteiger charge is -1.99. The molecular weight excluding hydrogens is 208 g/mol. The Bertz CT molecular complexity index is 341. The molecule has 0 N–H and O–H groups in total. The van der Waals surface area contributed by atoms with Gasteiger partial charge < -0.3 is 13.9 Å². The summed E-state index contributed by atoms with van der Waals surface area (Å²) in [6.07, 6.45) is 3.51. The van der Waals surface area contributed by atoms with Crippen LogP contribution in [0.2, 0.25) is 0 Å². The molecule has 0 aliphatic carbocycles. The first kappa shape index (κ1) is 12.5. The molecule has 0 aromatic carbocycles. The molecule has 0 radical (unpaired) electrons. The average Bonchev–Trinajstić information content (AvgIpc) is 2.69. The van der Waals surface area contributed by atoms with E-state index >= 15 is 0 Å². The van der Waals surface area contributed by atoms with E-state index in [1.54, 1.807) is 0 Å². The van der Waals surface area contributed by atoms with E-state index in [9.17, 15) is 9.59 Å². The molecule has 0 unspecified atom stereocenters. The molecule has 1 aromatic heterocycles. The molecule has 16 heavy (non-hydrogen) atoms. The Morgan fingerprint density at radius 3 is 2.69 bits per heavy atom. The van der Waals surface area contributed by atoms with Gasteiger partial charge in [-0.1, -0.05) is 0 Å². The molecule has 0 bridgehead atoms. The van der Waals surface area contributed by atoms with Crippen molar-refractivity contribution in [3.05, 3.63) is 23.7 Å². The number of hydrogen-bond acceptors (Lipinski definition) is 4. The molecule has 0 spiro atoms. The summed E-state index contributed by atoms with van der Waals surface area (Å²) in [6.45, 7) is 1.81. The van der Waals surface area contributed by atoms with Gasteiger partial charge in [-0.25, -0.2) is 0 Å². The van der Waals surface area contributed by atoms with Crippen LogP contribution in [0.5, 0.6) is 0 Å². The number of rotatable bonds is 7. The Kier molecular flexibility index (Phi) is 5.32. The fraction of sp³-hybridized carbons (Fsp3) is 0.500. The maximum absolute atomic E-state index is 10.5. The van der Waals surface area contributed by atoms with Gasteiger partial charge in [-0.3, -0.25) is 4.79 Å². The second kappa shape index (κ2) is 6.82. The number of aldehydes is 1. The Morgan fingerprint density at radius 2 is 2.06 bits per heavy atom. The van der Waals surface area contributed by atoms with Crippen molar-refractivity contribution in [2.75, 3.05) is 6.61 Å². The van der Waals surface area contributed by atoms with Gasteiger partial charge in [0.05, 0.1) is 6.61 Å². The van der Waals surface area contributed by atoms with Crippen molar-refractivity contribution in [3.63, 3.8) is 0 Å². The minimum absolute atomic E-state index is 0.258. The Morgan fingerprint density at radius 1 is 1.38 bits per heavy atom. The van der Waals surface area contributed by atoms with E-state index < -0.39 is 0 Å². The number of aryl methyl sites for hydroxylation is 2. The highest BCUT2D eigenvalue weighted by Gasteiger charge is 2.02. The third-order valence-electron chi connectivity index (χ3n) is 2.10. The van der Waals surface area contributed by atoms with Crippen LogP contribution >= 0.6 is 0 Å². The Labute approximate surface area is 94.6 Å². The van der Waals surface area contributed by atoms with Gasteiger partial charge in [0.15, 0.2) is 0 Å². The van der Waals surface area contributed by atoms with Crippen LogP contribution in [-0.2, 0) is 27.2 Å². The summed E-state index contributed by atoms with van der Waals surface area (Å²) in [7, 11) is 0. The molecule has 0 fully saturated rings. The van der Waals surface area contributed by atoms with E-state index in [-0.39, 0.29) is 5.97 Å². The van der Waals surface area contributed by atoms with Crippen molar-refractivity contribution in [2.24, 2.45) is 0 Å². The summed E-state index contributed by atoms with van der Waals surface area (Å²) in [6, 6.07) is 3.78. The molecule has 0 aliphatic heterocycles. The number of hydrogen-bond donors (Lipinski definition) is 0. The zero-order valence-electron chi connectivity index (χ0n) is 9.40. The number of ether oxygens (including phenoxy) is 1. The van der Waals surface area contributed by atoms with Crippen molar-refractivity contribution in [1.82, 2.24) is 0 Å². The molecule has 0 amide bonds. The van der Waals surface area contributed by atoms with E-state index in [1.807, 2.05) is 12.1 Å². The van der Waals surface area contributed by atoms with E-state index in [2.05, 4.69) is 0 Å². The van der Waals surface area contributed by atoms with Gasteiger partial charge in [-0.05, 0) is 18.6 Å². The molecule has 4 nitrogen and oxygen atoms in total. The van der Waals surface area contributed by atoms with Crippen LogP contribution < -0.4 is 0 Å². The van der Waals surface area contributed by atoms with Crippen molar-refractivity contribution < 1.29 is 18.7 Å². The maximum Gasteiger partial charge on any atom is 0.302 e. The smallest absolute Gasteiger partial charge is 0.302 e. The van der Waals surface area contributed by atoms with Crippen molar-refractivity contribution in [1.29, 1.82) is 0 Å². The van der Waals surface area contributed by atoms with Gasteiger partial charge in [0.2, 0.25) is 0 Å². The second-order valence-corrected chi connectivity index (χ2v) is 3.52. The molecule has 4 heteroatoms. The normalized spacial score (nSPS) is 10.1. The quantitative estimate of drug-likeness (QED) is 0.403. The fourth-order valence-corrected chi connectivity index (χ4v) is 1.35. The third-order valence-corrected chi connectivity index (χ3v) is 2.10. The molecule has 0 atom stereocenters. The minimum Gasteiger partial charge on any atom is -0.466 e. The number of esters is 1. The third kappa shape index (κ3) is 4.77. The first-order chi connectivity index (χ1) is 7.72. The Balaban J connectivity index is 2.23. The molecule has 0 aliphatic rings. The van der Waals surface area contributed by atoms with Crippen LogP contribution in [0.3, 0.4) is 0 Å². The SMILES string of the molecule is CC(=O)OCCCc1ccc(CCC=O)o1. The minimum atomic E-state index is -0.258. The molecule has 88 valence electrons. The van der Waals surface area contributed by atoms with E-state index in [4.69, 9.17) is 9.15 Å². The lowest BCUT2D eigenvalue weighted by atomic mass is 10.2. The van der Waals surface area contributed by atoms with Gasteiger partial charge in [0.25, 0.3) is 0 Å². The zero-order chi connectivity index (χ0) is 11.8. The van der Waals surface area contributed by atoms with Crippen LogP contribution in [0.15, 0.2) is 16.5 Å². The largest absolute Gasteiger partial charge is 0.466 e. The summed E-state index contributed by atoms with van der Waals surface area (Å²) in [5.74, 6) is 1.44. The monoisotopic (exact) mass is 224 g/mol. The average molecular weight is 224 g/mol. The predicted molar refractivity (Wildman–Crippen MR) is 58.0 cm³/mol. The van der Waals surface area contributed by atoms with Crippen LogP contribution in [0, 0.1) is 0 Å². The van der Waals surface area contributed by atoms with Crippen LogP contribution in [0.25, 0.3) is 0 Å². The lowest BCUT2D eigenvalue weighted by molar-refractivity contribution is -0.141. The summed E-state index contributed by atoms with van der Waals surface area (Å²) >= 11 is 0. The first-order valence-electron chi connectivity index (χ1n) is 5.37. The molecule has 0 saturated carbocycles. The maximum atomic E-state index is 10.5. The van der Waals surface area contributed by atoms with Gasteiger partial charge in [0.1, 0.15) is 17.8 Å². The summed E-state index contributed by atoms with van der Waals surface area (Å²) < 4.78 is 10.3. The van der Waals surface area contributed by atoms with E-state index in [0.29, 0.717) is 19.4 Å². The van der Waals surface area contributed by atoms with Gasteiger partial charge in [-0.2, -0.15) is 0 Å². The molecule has 1 rings (SSSR count). The second-order valence-electron chi connectivity index (χ2n) is 3.52. The van der Waals surface area contributed by atoms with Crippen LogP contribution in [-0.4, -0.2) is 18.9 Å². The van der Waals surface area contributed by atoms with Crippen molar-refractivity contribution in [2.45, 2.75) is 32.6 Å². The highest BCUT2D eigenvalue weighted by Crippen LogP contribution is 2.11. The van der Waals surface area contributed by atoms with Gasteiger partial charge >= 0.3 is 5.97 Å². The highest BCUT2D eigenvalue weighted by atomic mass is 16.5.